The summed E-state index contributed by atoms with van der Waals surface area (Å²) in [6.45, 7) is 5.33. The maximum atomic E-state index is 12.8. The van der Waals surface area contributed by atoms with Crippen LogP contribution in [0.4, 0.5) is 13.2 Å². The lowest BCUT2D eigenvalue weighted by atomic mass is 9.93. The summed E-state index contributed by atoms with van der Waals surface area (Å²) in [7, 11) is 0. The van der Waals surface area contributed by atoms with Gasteiger partial charge in [-0.25, -0.2) is 19.7 Å². The average molecular weight is 458 g/mol. The van der Waals surface area contributed by atoms with Crippen LogP contribution >= 0.6 is 0 Å². The molecule has 1 fully saturated rings. The Hall–Kier alpha value is -3.31. The smallest absolute Gasteiger partial charge is 0.434 e. The first-order chi connectivity index (χ1) is 15.8. The number of hydrogen-bond acceptors (Lipinski definition) is 7. The number of cyclic esters (lactones) is 1. The summed E-state index contributed by atoms with van der Waals surface area (Å²) in [5, 5.41) is 3.54. The molecular formula is C22H21F3N6O2. The monoisotopic (exact) mass is 458 g/mol. The number of benzene rings is 1. The highest BCUT2D eigenvalue weighted by atomic mass is 19.4. The Labute approximate surface area is 187 Å². The number of esters is 1. The van der Waals surface area contributed by atoms with Crippen molar-refractivity contribution < 1.29 is 22.7 Å². The quantitative estimate of drug-likeness (QED) is 0.602. The Morgan fingerprint density at radius 3 is 2.73 bits per heavy atom. The van der Waals surface area contributed by atoms with Crippen molar-refractivity contribution >= 4 is 5.97 Å². The standard InChI is InChI=1S/C22H21F3N6O2/c1-13-15(2-3-16-17(13)11-33-20(16)32)18-9-30(5-4-26-18)8-14-6-27-21(28-7-14)31-10-19(29-12-31)22(23,24)25/h2-3,6-7,10,12,18,26H,4-5,8-9,11H2,1H3. The number of nitrogens with one attached hydrogen (secondary N) is 1. The topological polar surface area (TPSA) is 85.2 Å². The van der Waals surface area contributed by atoms with Crippen molar-refractivity contribution in [3.8, 4) is 5.95 Å². The van der Waals surface area contributed by atoms with E-state index in [9.17, 15) is 18.0 Å². The second-order valence-electron chi connectivity index (χ2n) is 8.18. The number of nitrogens with zero attached hydrogens (tertiary/aromatic N) is 5. The molecule has 1 atom stereocenters. The zero-order valence-electron chi connectivity index (χ0n) is 17.8. The summed E-state index contributed by atoms with van der Waals surface area (Å²) < 4.78 is 44.6. The van der Waals surface area contributed by atoms with Crippen LogP contribution in [0.25, 0.3) is 5.95 Å². The molecule has 1 saturated heterocycles. The van der Waals surface area contributed by atoms with E-state index in [1.54, 1.807) is 12.4 Å². The van der Waals surface area contributed by atoms with E-state index in [1.807, 2.05) is 19.1 Å². The van der Waals surface area contributed by atoms with E-state index in [0.29, 0.717) is 18.7 Å². The molecular weight excluding hydrogens is 437 g/mol. The summed E-state index contributed by atoms with van der Waals surface area (Å²) in [4.78, 5) is 25.9. The predicted octanol–water partition coefficient (Wildman–Crippen LogP) is 2.81. The fourth-order valence-corrected chi connectivity index (χ4v) is 4.31. The van der Waals surface area contributed by atoms with Gasteiger partial charge in [0.05, 0.1) is 5.56 Å². The highest BCUT2D eigenvalue weighted by molar-refractivity contribution is 5.94. The maximum Gasteiger partial charge on any atom is 0.434 e. The van der Waals surface area contributed by atoms with Crippen molar-refractivity contribution in [2.45, 2.75) is 32.3 Å². The fraction of sp³-hybridized carbons (Fsp3) is 0.364. The molecule has 3 aromatic rings. The third kappa shape index (κ3) is 4.21. The molecule has 4 heterocycles. The molecule has 33 heavy (non-hydrogen) atoms. The minimum absolute atomic E-state index is 0.103. The first-order valence-electron chi connectivity index (χ1n) is 10.5. The molecule has 2 aliphatic heterocycles. The Morgan fingerprint density at radius 2 is 2.00 bits per heavy atom. The Bertz CT molecular complexity index is 1190. The van der Waals surface area contributed by atoms with Gasteiger partial charge in [0, 0.05) is 61.9 Å². The number of ether oxygens (including phenoxy) is 1. The van der Waals surface area contributed by atoms with Crippen molar-refractivity contribution in [3.63, 3.8) is 0 Å². The third-order valence-electron chi connectivity index (χ3n) is 6.04. The van der Waals surface area contributed by atoms with Crippen LogP contribution in [0.5, 0.6) is 0 Å². The van der Waals surface area contributed by atoms with E-state index in [2.05, 4.69) is 25.2 Å². The molecule has 172 valence electrons. The van der Waals surface area contributed by atoms with Gasteiger partial charge in [0.25, 0.3) is 0 Å². The Morgan fingerprint density at radius 1 is 1.21 bits per heavy atom. The normalized spacial score (nSPS) is 18.9. The van der Waals surface area contributed by atoms with Crippen LogP contribution in [-0.4, -0.2) is 50.0 Å². The number of hydrogen-bond donors (Lipinski definition) is 1. The van der Waals surface area contributed by atoms with Crippen LogP contribution in [0.1, 0.15) is 44.3 Å². The van der Waals surface area contributed by atoms with Gasteiger partial charge in [-0.2, -0.15) is 13.2 Å². The van der Waals surface area contributed by atoms with Crippen LogP contribution in [-0.2, 0) is 24.1 Å². The van der Waals surface area contributed by atoms with Crippen molar-refractivity contribution in [2.75, 3.05) is 19.6 Å². The van der Waals surface area contributed by atoms with Crippen LogP contribution in [0, 0.1) is 6.92 Å². The molecule has 8 nitrogen and oxygen atoms in total. The van der Waals surface area contributed by atoms with Crippen LogP contribution in [0.3, 0.4) is 0 Å². The third-order valence-corrected chi connectivity index (χ3v) is 6.04. The van der Waals surface area contributed by atoms with Crippen molar-refractivity contribution in [3.05, 3.63) is 70.6 Å². The summed E-state index contributed by atoms with van der Waals surface area (Å²) in [5.74, 6) is -0.142. The lowest BCUT2D eigenvalue weighted by Gasteiger charge is -2.34. The number of carbonyl (C=O) groups is 1. The van der Waals surface area contributed by atoms with E-state index >= 15 is 0 Å². The molecule has 0 aliphatic carbocycles. The predicted molar refractivity (Wildman–Crippen MR) is 110 cm³/mol. The molecule has 2 aliphatic rings. The molecule has 2 aromatic heterocycles. The number of halogens is 3. The highest BCUT2D eigenvalue weighted by Gasteiger charge is 2.34. The molecule has 11 heteroatoms. The second-order valence-corrected chi connectivity index (χ2v) is 8.18. The first-order valence-corrected chi connectivity index (χ1v) is 10.5. The van der Waals surface area contributed by atoms with Gasteiger partial charge in [-0.05, 0) is 24.1 Å². The molecule has 0 bridgehead atoms. The van der Waals surface area contributed by atoms with Crippen LogP contribution < -0.4 is 5.32 Å². The molecule has 1 N–H and O–H groups in total. The van der Waals surface area contributed by atoms with Gasteiger partial charge in [-0.3, -0.25) is 9.47 Å². The van der Waals surface area contributed by atoms with Gasteiger partial charge in [0.2, 0.25) is 5.95 Å². The van der Waals surface area contributed by atoms with Crippen molar-refractivity contribution in [1.29, 1.82) is 0 Å². The number of carbonyl (C=O) groups excluding carboxylic acids is 1. The largest absolute Gasteiger partial charge is 0.457 e. The summed E-state index contributed by atoms with van der Waals surface area (Å²) in [6.07, 6.45) is 0.653. The molecule has 5 rings (SSSR count). The number of fused-ring (bicyclic) bond motifs is 1. The molecule has 0 saturated carbocycles. The Kier molecular flexibility index (Phi) is 5.37. The van der Waals surface area contributed by atoms with E-state index in [-0.39, 0.29) is 18.0 Å². The van der Waals surface area contributed by atoms with Gasteiger partial charge in [-0.15, -0.1) is 0 Å². The van der Waals surface area contributed by atoms with Crippen molar-refractivity contribution in [1.82, 2.24) is 29.7 Å². The summed E-state index contributed by atoms with van der Waals surface area (Å²) in [6, 6.07) is 3.92. The molecule has 0 spiro atoms. The SMILES string of the molecule is Cc1c(C2CN(Cc3cnc(-n4cnc(C(F)(F)F)c4)nc3)CCN2)ccc2c1COC2=O. The van der Waals surface area contributed by atoms with E-state index < -0.39 is 11.9 Å². The molecule has 1 unspecified atom stereocenters. The minimum atomic E-state index is -4.51. The lowest BCUT2D eigenvalue weighted by Crippen LogP contribution is -2.45. The van der Waals surface area contributed by atoms with Gasteiger partial charge < -0.3 is 10.1 Å². The van der Waals surface area contributed by atoms with Gasteiger partial charge in [0.15, 0.2) is 5.69 Å². The second kappa shape index (κ2) is 8.23. The Balaban J connectivity index is 1.27. The van der Waals surface area contributed by atoms with E-state index in [4.69, 9.17) is 4.74 Å². The number of rotatable bonds is 4. The minimum Gasteiger partial charge on any atom is -0.457 e. The van der Waals surface area contributed by atoms with Gasteiger partial charge >= 0.3 is 12.1 Å². The number of imidazole rings is 1. The summed E-state index contributed by atoms with van der Waals surface area (Å²) >= 11 is 0. The fourth-order valence-electron chi connectivity index (χ4n) is 4.31. The molecule has 0 radical (unpaired) electrons. The highest BCUT2D eigenvalue weighted by Crippen LogP contribution is 2.30. The molecule has 0 amide bonds. The first kappa shape index (κ1) is 21.5. The van der Waals surface area contributed by atoms with Crippen LogP contribution in [0.15, 0.2) is 37.1 Å². The maximum absolute atomic E-state index is 12.8. The zero-order valence-corrected chi connectivity index (χ0v) is 17.8. The summed E-state index contributed by atoms with van der Waals surface area (Å²) in [5.41, 5.74) is 3.68. The number of aromatic nitrogens is 4. The van der Waals surface area contributed by atoms with Gasteiger partial charge in [0.1, 0.15) is 12.9 Å². The molecule has 1 aromatic carbocycles. The van der Waals surface area contributed by atoms with E-state index in [1.165, 1.54) is 0 Å². The number of alkyl halides is 3. The number of piperazine rings is 1. The zero-order chi connectivity index (χ0) is 23.2. The van der Waals surface area contributed by atoms with Crippen LogP contribution in [0.2, 0.25) is 0 Å². The average Bonchev–Trinajstić information content (AvgIpc) is 3.43. The van der Waals surface area contributed by atoms with E-state index in [0.717, 1.165) is 59.0 Å². The lowest BCUT2D eigenvalue weighted by molar-refractivity contribution is -0.140. The van der Waals surface area contributed by atoms with Crippen molar-refractivity contribution in [2.24, 2.45) is 0 Å². The van der Waals surface area contributed by atoms with Gasteiger partial charge in [-0.1, -0.05) is 6.07 Å².